The van der Waals surface area contributed by atoms with Crippen LogP contribution in [0.15, 0.2) is 35.1 Å². The van der Waals surface area contributed by atoms with Crippen molar-refractivity contribution < 1.29 is 9.84 Å². The Morgan fingerprint density at radius 3 is 2.91 bits per heavy atom. The van der Waals surface area contributed by atoms with Gasteiger partial charge in [-0.15, -0.1) is 0 Å². The molecule has 0 saturated carbocycles. The summed E-state index contributed by atoms with van der Waals surface area (Å²) in [5.74, 6) is 1.13. The van der Waals surface area contributed by atoms with Crippen LogP contribution < -0.4 is 0 Å². The quantitative estimate of drug-likeness (QED) is 0.829. The number of methoxy groups -OCH3 is 1. The third-order valence-corrected chi connectivity index (χ3v) is 5.11. The normalized spacial score (nSPS) is 22.4. The van der Waals surface area contributed by atoms with Crippen LogP contribution in [0.1, 0.15) is 37.4 Å². The smallest absolute Gasteiger partial charge is 0.134 e. The van der Waals surface area contributed by atoms with Crippen LogP contribution in [-0.4, -0.2) is 30.2 Å². The summed E-state index contributed by atoms with van der Waals surface area (Å²) in [5, 5.41) is 10.4. The van der Waals surface area contributed by atoms with E-state index in [-0.39, 0.29) is 11.8 Å². The Morgan fingerprint density at radius 1 is 1.45 bits per heavy atom. The number of ether oxygens (including phenoxy) is 1. The number of benzene rings is 1. The molecule has 0 aliphatic carbocycles. The van der Waals surface area contributed by atoms with Crippen LogP contribution in [0.2, 0.25) is 5.02 Å². The van der Waals surface area contributed by atoms with Crippen LogP contribution in [0.4, 0.5) is 0 Å². The van der Waals surface area contributed by atoms with Crippen LogP contribution in [0.25, 0.3) is 0 Å². The summed E-state index contributed by atoms with van der Waals surface area (Å²) in [4.78, 5) is 2.48. The summed E-state index contributed by atoms with van der Waals surface area (Å²) < 4.78 is 5.53. The molecule has 0 fully saturated rings. The second-order valence-electron chi connectivity index (χ2n) is 6.06. The fraction of sp³-hybridized carbons (Fsp3) is 0.444. The number of phenols is 1. The van der Waals surface area contributed by atoms with E-state index in [0.717, 1.165) is 31.7 Å². The molecule has 0 bridgehead atoms. The van der Waals surface area contributed by atoms with Crippen molar-refractivity contribution in [1.29, 1.82) is 0 Å². The third kappa shape index (κ3) is 2.53. The third-order valence-electron chi connectivity index (χ3n) is 4.81. The second kappa shape index (κ2) is 5.98. The van der Waals surface area contributed by atoms with E-state index in [0.29, 0.717) is 5.02 Å². The van der Waals surface area contributed by atoms with Gasteiger partial charge in [-0.05, 0) is 61.6 Å². The molecule has 1 atom stereocenters. The van der Waals surface area contributed by atoms with Gasteiger partial charge in [-0.25, -0.2) is 0 Å². The van der Waals surface area contributed by atoms with E-state index in [2.05, 4.69) is 11.8 Å². The minimum atomic E-state index is 0.174. The molecule has 0 radical (unpaired) electrons. The number of hydrogen-bond acceptors (Lipinski definition) is 3. The molecule has 0 amide bonds. The lowest BCUT2D eigenvalue weighted by molar-refractivity contribution is 0.180. The first-order valence-electron chi connectivity index (χ1n) is 7.69. The maximum atomic E-state index is 9.99. The molecule has 3 rings (SSSR count). The standard InChI is InChI=1S/C18H22ClNO2/c1-4-18(22-3)13-8-16-14-9-17(21)15(19)7-12(14)5-6-20(16)10-11(13)2/h4,7,9,16,21H,5-6,8,10H2,1-3H3/b18-4+/t16-/m0/s1. The van der Waals surface area contributed by atoms with E-state index in [1.807, 2.05) is 25.1 Å². The number of nitrogens with zero attached hydrogens (tertiary/aromatic N) is 1. The predicted molar refractivity (Wildman–Crippen MR) is 89.2 cm³/mol. The molecule has 1 N–H and O–H groups in total. The highest BCUT2D eigenvalue weighted by Gasteiger charge is 2.33. The summed E-state index contributed by atoms with van der Waals surface area (Å²) in [6, 6.07) is 4.05. The molecule has 2 heterocycles. The SMILES string of the molecule is C/C=C(/OC)C1=C(C)CN2CCc3cc(Cl)c(O)cc3[C@@H]2C1. The van der Waals surface area contributed by atoms with Gasteiger partial charge >= 0.3 is 0 Å². The Kier molecular flexibility index (Phi) is 4.20. The lowest BCUT2D eigenvalue weighted by Gasteiger charge is -2.42. The minimum Gasteiger partial charge on any atom is -0.506 e. The highest BCUT2D eigenvalue weighted by atomic mass is 35.5. The van der Waals surface area contributed by atoms with Crippen LogP contribution in [0, 0.1) is 0 Å². The van der Waals surface area contributed by atoms with Crippen molar-refractivity contribution in [3.63, 3.8) is 0 Å². The highest BCUT2D eigenvalue weighted by Crippen LogP contribution is 2.43. The Labute approximate surface area is 136 Å². The summed E-state index contributed by atoms with van der Waals surface area (Å²) in [7, 11) is 1.72. The molecule has 3 nitrogen and oxygen atoms in total. The van der Waals surface area contributed by atoms with Crippen molar-refractivity contribution >= 4 is 11.6 Å². The average molecular weight is 320 g/mol. The number of phenolic OH excluding ortho intramolecular Hbond substituents is 1. The molecule has 2 aliphatic heterocycles. The average Bonchev–Trinajstić information content (AvgIpc) is 2.50. The number of halogens is 1. The number of allylic oxidation sites excluding steroid dienone is 2. The maximum Gasteiger partial charge on any atom is 0.134 e. The van der Waals surface area contributed by atoms with Crippen molar-refractivity contribution in [3.05, 3.63) is 51.3 Å². The van der Waals surface area contributed by atoms with Gasteiger partial charge in [0, 0.05) is 19.1 Å². The van der Waals surface area contributed by atoms with Gasteiger partial charge in [0.05, 0.1) is 12.1 Å². The van der Waals surface area contributed by atoms with Crippen molar-refractivity contribution in [2.75, 3.05) is 20.2 Å². The van der Waals surface area contributed by atoms with E-state index in [1.165, 1.54) is 22.3 Å². The van der Waals surface area contributed by atoms with Gasteiger partial charge in [-0.1, -0.05) is 17.2 Å². The molecule has 1 aromatic rings. The van der Waals surface area contributed by atoms with E-state index in [4.69, 9.17) is 16.3 Å². The monoisotopic (exact) mass is 319 g/mol. The minimum absolute atomic E-state index is 0.174. The van der Waals surface area contributed by atoms with Crippen LogP contribution in [0.5, 0.6) is 5.75 Å². The molecular formula is C18H22ClNO2. The maximum absolute atomic E-state index is 9.99. The van der Waals surface area contributed by atoms with Gasteiger partial charge in [-0.3, -0.25) is 4.90 Å². The molecule has 118 valence electrons. The molecular weight excluding hydrogens is 298 g/mol. The lowest BCUT2D eigenvalue weighted by atomic mass is 9.83. The molecule has 4 heteroatoms. The summed E-state index contributed by atoms with van der Waals surface area (Å²) in [5.41, 5.74) is 5.11. The molecule has 1 aromatic carbocycles. The zero-order valence-electron chi connectivity index (χ0n) is 13.3. The molecule has 2 aliphatic rings. The predicted octanol–water partition coefficient (Wildman–Crippen LogP) is 4.22. The second-order valence-corrected chi connectivity index (χ2v) is 6.47. The van der Waals surface area contributed by atoms with Crippen LogP contribution in [-0.2, 0) is 11.2 Å². The summed E-state index contributed by atoms with van der Waals surface area (Å²) >= 11 is 6.07. The molecule has 0 unspecified atom stereocenters. The number of aromatic hydroxyl groups is 1. The summed E-state index contributed by atoms with van der Waals surface area (Å²) in [6.45, 7) is 6.17. The van der Waals surface area contributed by atoms with Gasteiger partial charge in [0.25, 0.3) is 0 Å². The van der Waals surface area contributed by atoms with Gasteiger partial charge in [0.15, 0.2) is 0 Å². The van der Waals surface area contributed by atoms with E-state index < -0.39 is 0 Å². The first kappa shape index (κ1) is 15.4. The van der Waals surface area contributed by atoms with Crippen molar-refractivity contribution in [1.82, 2.24) is 4.90 Å². The molecule has 22 heavy (non-hydrogen) atoms. The number of fused-ring (bicyclic) bond motifs is 3. The zero-order chi connectivity index (χ0) is 15.9. The Balaban J connectivity index is 2.01. The fourth-order valence-electron chi connectivity index (χ4n) is 3.68. The van der Waals surface area contributed by atoms with E-state index >= 15 is 0 Å². The first-order valence-corrected chi connectivity index (χ1v) is 8.07. The fourth-order valence-corrected chi connectivity index (χ4v) is 3.87. The largest absolute Gasteiger partial charge is 0.506 e. The van der Waals surface area contributed by atoms with Gasteiger partial charge in [0.2, 0.25) is 0 Å². The molecule has 0 aromatic heterocycles. The Hall–Kier alpha value is -1.45. The topological polar surface area (TPSA) is 32.7 Å². The highest BCUT2D eigenvalue weighted by molar-refractivity contribution is 6.32. The number of rotatable bonds is 2. The lowest BCUT2D eigenvalue weighted by Crippen LogP contribution is -2.39. The zero-order valence-corrected chi connectivity index (χ0v) is 14.1. The van der Waals surface area contributed by atoms with Crippen LogP contribution >= 0.6 is 11.6 Å². The summed E-state index contributed by atoms with van der Waals surface area (Å²) in [6.07, 6.45) is 3.92. The molecule has 0 spiro atoms. The van der Waals surface area contributed by atoms with Crippen LogP contribution in [0.3, 0.4) is 0 Å². The van der Waals surface area contributed by atoms with Crippen molar-refractivity contribution in [3.8, 4) is 5.75 Å². The molecule has 0 saturated heterocycles. The van der Waals surface area contributed by atoms with Gasteiger partial charge in [-0.2, -0.15) is 0 Å². The van der Waals surface area contributed by atoms with E-state index in [1.54, 1.807) is 7.11 Å². The Bertz CT molecular complexity index is 663. The van der Waals surface area contributed by atoms with Gasteiger partial charge < -0.3 is 9.84 Å². The van der Waals surface area contributed by atoms with Gasteiger partial charge in [0.1, 0.15) is 11.5 Å². The number of hydrogen-bond donors (Lipinski definition) is 1. The van der Waals surface area contributed by atoms with Crippen molar-refractivity contribution in [2.24, 2.45) is 0 Å². The Morgan fingerprint density at radius 2 is 2.23 bits per heavy atom. The van der Waals surface area contributed by atoms with E-state index in [9.17, 15) is 5.11 Å². The van der Waals surface area contributed by atoms with Crippen molar-refractivity contribution in [2.45, 2.75) is 32.7 Å². The first-order chi connectivity index (χ1) is 10.5.